The standard InChI is InChI=1S/C9H10O3/c10-8(9(11)12)7-4-5-1-2-6(7)3-5/h4-6H,1-3H2,(H,11,12). The molecule has 2 rings (SSSR count). The molecule has 2 unspecified atom stereocenters. The molecule has 1 fully saturated rings. The summed E-state index contributed by atoms with van der Waals surface area (Å²) in [4.78, 5) is 21.4. The van der Waals surface area contributed by atoms with Gasteiger partial charge in [0.15, 0.2) is 0 Å². The van der Waals surface area contributed by atoms with E-state index in [1.54, 1.807) is 0 Å². The highest BCUT2D eigenvalue weighted by Gasteiger charge is 2.37. The van der Waals surface area contributed by atoms with Crippen molar-refractivity contribution in [1.29, 1.82) is 0 Å². The molecule has 3 nitrogen and oxygen atoms in total. The van der Waals surface area contributed by atoms with E-state index in [0.717, 1.165) is 19.3 Å². The van der Waals surface area contributed by atoms with Crippen molar-refractivity contribution in [3.63, 3.8) is 0 Å². The van der Waals surface area contributed by atoms with Gasteiger partial charge < -0.3 is 5.11 Å². The van der Waals surface area contributed by atoms with E-state index in [1.807, 2.05) is 6.08 Å². The highest BCUT2D eigenvalue weighted by molar-refractivity contribution is 6.39. The van der Waals surface area contributed by atoms with E-state index in [-0.39, 0.29) is 5.92 Å². The number of Topliss-reactive ketones (excluding diaryl/α,β-unsaturated/α-hetero) is 1. The first-order valence-corrected chi connectivity index (χ1v) is 4.18. The minimum absolute atomic E-state index is 0.249. The number of hydrogen-bond acceptors (Lipinski definition) is 2. The Morgan fingerprint density at radius 1 is 1.42 bits per heavy atom. The van der Waals surface area contributed by atoms with Crippen LogP contribution in [0.2, 0.25) is 0 Å². The summed E-state index contributed by atoms with van der Waals surface area (Å²) in [6, 6.07) is 0. The summed E-state index contributed by atoms with van der Waals surface area (Å²) in [5, 5.41) is 8.48. The molecule has 2 aliphatic rings. The predicted octanol–water partition coefficient (Wildman–Crippen LogP) is 0.996. The lowest BCUT2D eigenvalue weighted by molar-refractivity contribution is -0.147. The number of allylic oxidation sites excluding steroid dienone is 1. The smallest absolute Gasteiger partial charge is 0.376 e. The Bertz CT molecular complexity index is 277. The number of aliphatic carboxylic acids is 1. The fraction of sp³-hybridized carbons (Fsp3) is 0.556. The lowest BCUT2D eigenvalue weighted by atomic mass is 9.95. The first-order chi connectivity index (χ1) is 5.68. The quantitative estimate of drug-likeness (QED) is 0.622. The fourth-order valence-electron chi connectivity index (χ4n) is 2.22. The number of ketones is 1. The zero-order valence-corrected chi connectivity index (χ0v) is 6.62. The topological polar surface area (TPSA) is 54.4 Å². The van der Waals surface area contributed by atoms with Crippen LogP contribution in [0.4, 0.5) is 0 Å². The van der Waals surface area contributed by atoms with Crippen LogP contribution in [0, 0.1) is 11.8 Å². The van der Waals surface area contributed by atoms with Crippen LogP contribution in [0.25, 0.3) is 0 Å². The molecule has 64 valence electrons. The summed E-state index contributed by atoms with van der Waals surface area (Å²) < 4.78 is 0. The normalized spacial score (nSPS) is 31.8. The number of hydrogen-bond donors (Lipinski definition) is 1. The average Bonchev–Trinajstić information content (AvgIpc) is 2.62. The molecular weight excluding hydrogens is 156 g/mol. The van der Waals surface area contributed by atoms with E-state index >= 15 is 0 Å². The third-order valence-corrected chi connectivity index (χ3v) is 2.78. The van der Waals surface area contributed by atoms with Crippen molar-refractivity contribution in [3.05, 3.63) is 11.6 Å². The Hall–Kier alpha value is -1.12. The molecule has 0 aromatic rings. The highest BCUT2D eigenvalue weighted by atomic mass is 16.4. The number of carboxylic acids is 1. The van der Waals surface area contributed by atoms with Crippen molar-refractivity contribution in [2.24, 2.45) is 11.8 Å². The van der Waals surface area contributed by atoms with Crippen molar-refractivity contribution in [2.45, 2.75) is 19.3 Å². The lowest BCUT2D eigenvalue weighted by Crippen LogP contribution is -2.18. The van der Waals surface area contributed by atoms with Gasteiger partial charge in [0.25, 0.3) is 5.78 Å². The molecule has 0 amide bonds. The molecule has 1 saturated carbocycles. The van der Waals surface area contributed by atoms with E-state index in [4.69, 9.17) is 5.11 Å². The Balaban J connectivity index is 2.21. The van der Waals surface area contributed by atoms with E-state index in [9.17, 15) is 9.59 Å². The van der Waals surface area contributed by atoms with Crippen molar-refractivity contribution in [2.75, 3.05) is 0 Å². The van der Waals surface area contributed by atoms with Gasteiger partial charge in [-0.2, -0.15) is 0 Å². The lowest BCUT2D eigenvalue weighted by Gasteiger charge is -2.08. The number of carboxylic acid groups (broad SMARTS) is 1. The van der Waals surface area contributed by atoms with Gasteiger partial charge in [0.1, 0.15) is 0 Å². The second kappa shape index (κ2) is 2.44. The van der Waals surface area contributed by atoms with Gasteiger partial charge in [0.05, 0.1) is 0 Å². The summed E-state index contributed by atoms with van der Waals surface area (Å²) in [6.45, 7) is 0. The van der Waals surface area contributed by atoms with Gasteiger partial charge in [-0.1, -0.05) is 6.08 Å². The average molecular weight is 166 g/mol. The maximum atomic E-state index is 11.1. The van der Waals surface area contributed by atoms with Crippen LogP contribution >= 0.6 is 0 Å². The molecular formula is C9H10O3. The summed E-state index contributed by atoms with van der Waals surface area (Å²) in [6.07, 6.45) is 4.97. The summed E-state index contributed by atoms with van der Waals surface area (Å²) in [5.41, 5.74) is 0.554. The first kappa shape index (κ1) is 7.53. The first-order valence-electron chi connectivity index (χ1n) is 4.18. The van der Waals surface area contributed by atoms with E-state index < -0.39 is 11.8 Å². The van der Waals surface area contributed by atoms with E-state index in [1.165, 1.54) is 0 Å². The van der Waals surface area contributed by atoms with Crippen LogP contribution in [0.3, 0.4) is 0 Å². The molecule has 1 N–H and O–H groups in total. The van der Waals surface area contributed by atoms with Gasteiger partial charge in [0, 0.05) is 5.57 Å². The monoisotopic (exact) mass is 166 g/mol. The molecule has 2 aliphatic carbocycles. The van der Waals surface area contributed by atoms with E-state index in [2.05, 4.69) is 0 Å². The molecule has 3 heteroatoms. The summed E-state index contributed by atoms with van der Waals surface area (Å²) in [5.74, 6) is -1.28. The van der Waals surface area contributed by atoms with Crippen LogP contribution < -0.4 is 0 Å². The molecule has 2 atom stereocenters. The Morgan fingerprint density at radius 2 is 2.17 bits per heavy atom. The number of carbonyl (C=O) groups is 2. The minimum Gasteiger partial charge on any atom is -0.475 e. The SMILES string of the molecule is O=C(O)C(=O)C1=CC2CCC1C2. The third kappa shape index (κ3) is 0.967. The maximum absolute atomic E-state index is 11.1. The molecule has 2 bridgehead atoms. The molecule has 0 aliphatic heterocycles. The largest absolute Gasteiger partial charge is 0.475 e. The summed E-state index contributed by atoms with van der Waals surface area (Å²) >= 11 is 0. The van der Waals surface area contributed by atoms with Crippen LogP contribution in [-0.2, 0) is 9.59 Å². The maximum Gasteiger partial charge on any atom is 0.376 e. The molecule has 0 saturated heterocycles. The van der Waals surface area contributed by atoms with Gasteiger partial charge in [-0.05, 0) is 31.1 Å². The third-order valence-electron chi connectivity index (χ3n) is 2.78. The van der Waals surface area contributed by atoms with Gasteiger partial charge in [0.2, 0.25) is 0 Å². The van der Waals surface area contributed by atoms with Crippen LogP contribution in [0.5, 0.6) is 0 Å². The molecule has 0 aromatic carbocycles. The van der Waals surface area contributed by atoms with Gasteiger partial charge in [-0.3, -0.25) is 4.79 Å². The fourth-order valence-corrected chi connectivity index (χ4v) is 2.22. The minimum atomic E-state index is -1.31. The van der Waals surface area contributed by atoms with Gasteiger partial charge >= 0.3 is 5.97 Å². The predicted molar refractivity (Wildman–Crippen MR) is 41.6 cm³/mol. The van der Waals surface area contributed by atoms with Crippen molar-refractivity contribution >= 4 is 11.8 Å². The van der Waals surface area contributed by atoms with E-state index in [0.29, 0.717) is 11.5 Å². The highest BCUT2D eigenvalue weighted by Crippen LogP contribution is 2.43. The van der Waals surface area contributed by atoms with Crippen molar-refractivity contribution < 1.29 is 14.7 Å². The molecule has 12 heavy (non-hydrogen) atoms. The van der Waals surface area contributed by atoms with Crippen LogP contribution in [0.15, 0.2) is 11.6 Å². The van der Waals surface area contributed by atoms with Gasteiger partial charge in [-0.15, -0.1) is 0 Å². The Labute approximate surface area is 70.1 Å². The second-order valence-corrected chi connectivity index (χ2v) is 3.53. The molecule has 0 heterocycles. The Kier molecular flexibility index (Phi) is 1.53. The summed E-state index contributed by atoms with van der Waals surface area (Å²) in [7, 11) is 0. The van der Waals surface area contributed by atoms with Gasteiger partial charge in [-0.25, -0.2) is 4.79 Å². The van der Waals surface area contributed by atoms with Crippen LogP contribution in [0.1, 0.15) is 19.3 Å². The molecule has 0 aromatic heterocycles. The molecule has 0 radical (unpaired) electrons. The second-order valence-electron chi connectivity index (χ2n) is 3.53. The Morgan fingerprint density at radius 3 is 2.58 bits per heavy atom. The number of fused-ring (bicyclic) bond motifs is 2. The van der Waals surface area contributed by atoms with Crippen molar-refractivity contribution in [3.8, 4) is 0 Å². The zero-order valence-electron chi connectivity index (χ0n) is 6.62. The number of carbonyl (C=O) groups excluding carboxylic acids is 1. The van der Waals surface area contributed by atoms with Crippen molar-refractivity contribution in [1.82, 2.24) is 0 Å². The molecule has 0 spiro atoms. The zero-order chi connectivity index (χ0) is 8.72. The number of rotatable bonds is 2. The van der Waals surface area contributed by atoms with Crippen LogP contribution in [-0.4, -0.2) is 16.9 Å².